The van der Waals surface area contributed by atoms with Crippen LogP contribution < -0.4 is 0 Å². The molecule has 0 N–H and O–H groups in total. The first-order valence-electron chi connectivity index (χ1n) is 6.00. The summed E-state index contributed by atoms with van der Waals surface area (Å²) in [5.41, 5.74) is -0.984. The molecule has 0 saturated heterocycles. The van der Waals surface area contributed by atoms with Crippen molar-refractivity contribution in [2.75, 3.05) is 0 Å². The van der Waals surface area contributed by atoms with Crippen molar-refractivity contribution < 1.29 is 22.4 Å². The largest absolute Gasteiger partial charge is 0.419 e. The van der Waals surface area contributed by atoms with Gasteiger partial charge < -0.3 is 0 Å². The number of allylic oxidation sites excluding steroid dienone is 2. The zero-order chi connectivity index (χ0) is 14.0. The van der Waals surface area contributed by atoms with Gasteiger partial charge in [-0.15, -0.1) is 0 Å². The molecule has 102 valence electrons. The van der Waals surface area contributed by atoms with E-state index in [0.29, 0.717) is 24.1 Å². The summed E-state index contributed by atoms with van der Waals surface area (Å²) in [5, 5.41) is 0. The summed E-state index contributed by atoms with van der Waals surface area (Å²) in [4.78, 5) is 12.0. The molecule has 0 atom stereocenters. The van der Waals surface area contributed by atoms with Crippen LogP contribution >= 0.6 is 0 Å². The highest BCUT2D eigenvalue weighted by molar-refractivity contribution is 6.08. The summed E-state index contributed by atoms with van der Waals surface area (Å²) < 4.78 is 50.8. The number of halogens is 4. The van der Waals surface area contributed by atoms with E-state index in [-0.39, 0.29) is 5.56 Å². The molecule has 0 amide bonds. The third-order valence-corrected chi connectivity index (χ3v) is 3.12. The molecule has 1 aliphatic carbocycles. The lowest BCUT2D eigenvalue weighted by atomic mass is 9.92. The number of carbonyl (C=O) groups excluding carboxylic acids is 1. The van der Waals surface area contributed by atoms with Crippen molar-refractivity contribution in [3.8, 4) is 0 Å². The van der Waals surface area contributed by atoms with Gasteiger partial charge in [-0.25, -0.2) is 4.39 Å². The van der Waals surface area contributed by atoms with E-state index in [0.717, 1.165) is 25.3 Å². The minimum absolute atomic E-state index is 0.109. The SMILES string of the molecule is O=C(C1=CCCCC1)c1ccc(F)c(C(F)(F)F)c1. The maximum absolute atomic E-state index is 13.1. The number of benzene rings is 1. The van der Waals surface area contributed by atoms with E-state index in [1.807, 2.05) is 0 Å². The lowest BCUT2D eigenvalue weighted by Gasteiger charge is -2.13. The van der Waals surface area contributed by atoms with Crippen molar-refractivity contribution in [2.45, 2.75) is 31.9 Å². The zero-order valence-electron chi connectivity index (χ0n) is 10.1. The van der Waals surface area contributed by atoms with Crippen LogP contribution in [0.4, 0.5) is 17.6 Å². The number of carbonyl (C=O) groups is 1. The Morgan fingerprint density at radius 1 is 1.16 bits per heavy atom. The van der Waals surface area contributed by atoms with Gasteiger partial charge in [0.1, 0.15) is 5.82 Å². The molecule has 1 aromatic carbocycles. The standard InChI is InChI=1S/C14H12F4O/c15-12-7-6-10(8-11(12)14(16,17)18)13(19)9-4-2-1-3-5-9/h4,6-8H,1-3,5H2. The number of hydrogen-bond acceptors (Lipinski definition) is 1. The Labute approximate surface area is 107 Å². The number of alkyl halides is 3. The van der Waals surface area contributed by atoms with E-state index in [1.54, 1.807) is 6.08 Å². The number of ketones is 1. The van der Waals surface area contributed by atoms with Crippen LogP contribution in [0.25, 0.3) is 0 Å². The third kappa shape index (κ3) is 3.03. The molecule has 0 saturated carbocycles. The van der Waals surface area contributed by atoms with Crippen molar-refractivity contribution in [1.82, 2.24) is 0 Å². The van der Waals surface area contributed by atoms with Gasteiger partial charge in [0.15, 0.2) is 5.78 Å². The first-order valence-corrected chi connectivity index (χ1v) is 6.00. The summed E-state index contributed by atoms with van der Waals surface area (Å²) in [6.45, 7) is 0. The minimum Gasteiger partial charge on any atom is -0.289 e. The molecule has 1 nitrogen and oxygen atoms in total. The third-order valence-electron chi connectivity index (χ3n) is 3.12. The van der Waals surface area contributed by atoms with E-state index in [9.17, 15) is 22.4 Å². The highest BCUT2D eigenvalue weighted by Gasteiger charge is 2.34. The van der Waals surface area contributed by atoms with Crippen molar-refractivity contribution >= 4 is 5.78 Å². The molecule has 19 heavy (non-hydrogen) atoms. The Kier molecular flexibility index (Phi) is 3.73. The molecule has 0 aliphatic heterocycles. The molecule has 0 unspecified atom stereocenters. The molecule has 0 spiro atoms. The van der Waals surface area contributed by atoms with Crippen LogP contribution in [0.3, 0.4) is 0 Å². The van der Waals surface area contributed by atoms with Gasteiger partial charge in [-0.05, 0) is 49.5 Å². The van der Waals surface area contributed by atoms with Gasteiger partial charge in [0, 0.05) is 5.56 Å². The number of hydrogen-bond donors (Lipinski definition) is 0. The average Bonchev–Trinajstić information content (AvgIpc) is 2.38. The number of rotatable bonds is 2. The predicted octanol–water partition coefficient (Wildman–Crippen LogP) is 4.53. The van der Waals surface area contributed by atoms with Gasteiger partial charge in [-0.3, -0.25) is 4.79 Å². The van der Waals surface area contributed by atoms with E-state index in [4.69, 9.17) is 0 Å². The van der Waals surface area contributed by atoms with E-state index in [1.165, 1.54) is 0 Å². The highest BCUT2D eigenvalue weighted by Crippen LogP contribution is 2.32. The maximum Gasteiger partial charge on any atom is 0.419 e. The van der Waals surface area contributed by atoms with Crippen LogP contribution in [0.5, 0.6) is 0 Å². The second-order valence-corrected chi connectivity index (χ2v) is 4.50. The molecule has 0 fully saturated rings. The van der Waals surface area contributed by atoms with Crippen molar-refractivity contribution in [2.24, 2.45) is 0 Å². The van der Waals surface area contributed by atoms with Gasteiger partial charge in [0.25, 0.3) is 0 Å². The summed E-state index contributed by atoms with van der Waals surface area (Å²) in [6.07, 6.45) is 0.120. The van der Waals surface area contributed by atoms with Gasteiger partial charge >= 0.3 is 6.18 Å². The smallest absolute Gasteiger partial charge is 0.289 e. The van der Waals surface area contributed by atoms with Gasteiger partial charge in [0.2, 0.25) is 0 Å². The van der Waals surface area contributed by atoms with Crippen LogP contribution in [0.15, 0.2) is 29.8 Å². The summed E-state index contributed by atoms with van der Waals surface area (Å²) in [5.74, 6) is -1.80. The lowest BCUT2D eigenvalue weighted by molar-refractivity contribution is -0.140. The molecule has 1 aliphatic rings. The van der Waals surface area contributed by atoms with Crippen LogP contribution in [-0.2, 0) is 6.18 Å². The Morgan fingerprint density at radius 3 is 2.47 bits per heavy atom. The Balaban J connectivity index is 2.36. The molecular weight excluding hydrogens is 260 g/mol. The van der Waals surface area contributed by atoms with Gasteiger partial charge in [0.05, 0.1) is 5.56 Å². The summed E-state index contributed by atoms with van der Waals surface area (Å²) in [6, 6.07) is 2.38. The second kappa shape index (κ2) is 5.15. The average molecular weight is 272 g/mol. The maximum atomic E-state index is 13.1. The fourth-order valence-corrected chi connectivity index (χ4v) is 2.11. The van der Waals surface area contributed by atoms with Crippen molar-refractivity contribution in [3.05, 3.63) is 46.8 Å². The van der Waals surface area contributed by atoms with Crippen LogP contribution in [0.1, 0.15) is 41.6 Å². The molecule has 5 heteroatoms. The van der Waals surface area contributed by atoms with Crippen LogP contribution in [-0.4, -0.2) is 5.78 Å². The topological polar surface area (TPSA) is 17.1 Å². The first-order chi connectivity index (χ1) is 8.89. The van der Waals surface area contributed by atoms with E-state index in [2.05, 4.69) is 0 Å². The molecule has 0 radical (unpaired) electrons. The molecule has 0 bridgehead atoms. The molecule has 1 aromatic rings. The lowest BCUT2D eigenvalue weighted by Crippen LogP contribution is -2.12. The molecule has 0 heterocycles. The fraction of sp³-hybridized carbons (Fsp3) is 0.357. The quantitative estimate of drug-likeness (QED) is 0.571. The van der Waals surface area contributed by atoms with Crippen molar-refractivity contribution in [3.63, 3.8) is 0 Å². The Bertz CT molecular complexity index is 529. The normalized spacial score (nSPS) is 16.1. The van der Waals surface area contributed by atoms with E-state index >= 15 is 0 Å². The second-order valence-electron chi connectivity index (χ2n) is 4.50. The minimum atomic E-state index is -4.79. The molecule has 2 rings (SSSR count). The monoisotopic (exact) mass is 272 g/mol. The van der Waals surface area contributed by atoms with Crippen LogP contribution in [0, 0.1) is 5.82 Å². The predicted molar refractivity (Wildman–Crippen MR) is 62.3 cm³/mol. The Hall–Kier alpha value is -1.65. The molecule has 0 aromatic heterocycles. The zero-order valence-corrected chi connectivity index (χ0v) is 10.1. The van der Waals surface area contributed by atoms with E-state index < -0.39 is 23.3 Å². The summed E-state index contributed by atoms with van der Waals surface area (Å²) in [7, 11) is 0. The van der Waals surface area contributed by atoms with Crippen molar-refractivity contribution in [1.29, 1.82) is 0 Å². The van der Waals surface area contributed by atoms with Gasteiger partial charge in [-0.2, -0.15) is 13.2 Å². The van der Waals surface area contributed by atoms with Crippen LogP contribution in [0.2, 0.25) is 0 Å². The first kappa shape index (κ1) is 13.8. The number of Topliss-reactive ketones (excluding diaryl/α,β-unsaturated/α-hetero) is 1. The highest BCUT2D eigenvalue weighted by atomic mass is 19.4. The fourth-order valence-electron chi connectivity index (χ4n) is 2.11. The summed E-state index contributed by atoms with van der Waals surface area (Å²) >= 11 is 0. The Morgan fingerprint density at radius 2 is 1.89 bits per heavy atom. The molecular formula is C14H12F4O. The van der Waals surface area contributed by atoms with Gasteiger partial charge in [-0.1, -0.05) is 6.08 Å².